The maximum atomic E-state index is 12.7. The summed E-state index contributed by atoms with van der Waals surface area (Å²) in [6.45, 7) is 9.43. The lowest BCUT2D eigenvalue weighted by atomic mass is 10.0. The molecule has 4 aliphatic rings. The van der Waals surface area contributed by atoms with Crippen LogP contribution in [-0.4, -0.2) is 82.8 Å². The van der Waals surface area contributed by atoms with Gasteiger partial charge < -0.3 is 15.1 Å². The summed E-state index contributed by atoms with van der Waals surface area (Å²) < 4.78 is 14.7. The SMILES string of the molecule is C1CCN(C2CCNCC2)CC1.[N-]=[N+]=Nc1ccc(S(=O)N2CCC(N3CCCCC3)CC2)cc1. The van der Waals surface area contributed by atoms with Crippen molar-refractivity contribution in [1.82, 2.24) is 19.4 Å². The monoisotopic (exact) mass is 501 g/mol. The topological polar surface area (TPSA) is 87.6 Å². The molecule has 1 aromatic rings. The van der Waals surface area contributed by atoms with Crippen LogP contribution in [0.2, 0.25) is 0 Å². The molecule has 4 saturated heterocycles. The molecule has 1 N–H and O–H groups in total. The van der Waals surface area contributed by atoms with Crippen LogP contribution in [0.3, 0.4) is 0 Å². The highest BCUT2D eigenvalue weighted by Gasteiger charge is 2.28. The zero-order valence-corrected chi connectivity index (χ0v) is 22.0. The number of nitrogens with one attached hydrogen (secondary N) is 1. The lowest BCUT2D eigenvalue weighted by Gasteiger charge is -2.39. The van der Waals surface area contributed by atoms with Crippen molar-refractivity contribution < 1.29 is 4.21 Å². The van der Waals surface area contributed by atoms with Crippen molar-refractivity contribution in [3.8, 4) is 0 Å². The fraction of sp³-hybridized carbons (Fsp3) is 0.769. The molecule has 1 aromatic carbocycles. The van der Waals surface area contributed by atoms with Crippen molar-refractivity contribution in [3.63, 3.8) is 0 Å². The predicted molar refractivity (Wildman–Crippen MR) is 143 cm³/mol. The van der Waals surface area contributed by atoms with Gasteiger partial charge in [0.2, 0.25) is 0 Å². The predicted octanol–water partition coefficient (Wildman–Crippen LogP) is 4.83. The molecule has 4 aliphatic heterocycles. The van der Waals surface area contributed by atoms with Crippen molar-refractivity contribution in [2.75, 3.05) is 52.4 Å². The van der Waals surface area contributed by atoms with Gasteiger partial charge in [-0.05, 0) is 108 Å². The van der Waals surface area contributed by atoms with E-state index in [1.807, 2.05) is 0 Å². The zero-order chi connectivity index (χ0) is 24.3. The highest BCUT2D eigenvalue weighted by molar-refractivity contribution is 7.82. The fourth-order valence-electron chi connectivity index (χ4n) is 5.94. The minimum atomic E-state index is -1.12. The molecular weight excluding hydrogens is 458 g/mol. The Hall–Kier alpha value is -1.48. The Bertz CT molecular complexity index is 803. The van der Waals surface area contributed by atoms with Gasteiger partial charge in [-0.15, -0.1) is 0 Å². The van der Waals surface area contributed by atoms with Gasteiger partial charge in [-0.25, -0.2) is 8.51 Å². The van der Waals surface area contributed by atoms with Gasteiger partial charge in [0.05, 0.1) is 4.90 Å². The van der Waals surface area contributed by atoms with E-state index in [4.69, 9.17) is 5.53 Å². The van der Waals surface area contributed by atoms with Gasteiger partial charge in [-0.2, -0.15) is 0 Å². The molecule has 0 aliphatic carbocycles. The van der Waals surface area contributed by atoms with Gasteiger partial charge in [0.25, 0.3) is 0 Å². The highest BCUT2D eigenvalue weighted by atomic mass is 32.2. The Morgan fingerprint density at radius 1 is 0.771 bits per heavy atom. The van der Waals surface area contributed by atoms with E-state index < -0.39 is 11.0 Å². The second-order valence-corrected chi connectivity index (χ2v) is 11.8. The molecular formula is C26H43N7OS. The molecule has 0 saturated carbocycles. The number of nitrogens with zero attached hydrogens (tertiary/aromatic N) is 6. The summed E-state index contributed by atoms with van der Waals surface area (Å²) in [4.78, 5) is 8.87. The molecule has 35 heavy (non-hydrogen) atoms. The van der Waals surface area contributed by atoms with Gasteiger partial charge in [-0.3, -0.25) is 0 Å². The van der Waals surface area contributed by atoms with Crippen molar-refractivity contribution in [1.29, 1.82) is 0 Å². The highest BCUT2D eigenvalue weighted by Crippen LogP contribution is 2.24. The van der Waals surface area contributed by atoms with Crippen LogP contribution in [0.4, 0.5) is 5.69 Å². The standard InChI is InChI=1S/C16H23N5OS.C10H20N2/c17-19-18-14-4-6-16(7-5-14)23(22)21-12-8-15(9-13-21)20-10-2-1-3-11-20;1-2-8-12(9-3-1)10-4-6-11-7-5-10/h4-7,15H,1-3,8-13H2;10-11H,1-9H2. The van der Waals surface area contributed by atoms with Crippen molar-refractivity contribution >= 4 is 16.7 Å². The quantitative estimate of drug-likeness (QED) is 0.356. The summed E-state index contributed by atoms with van der Waals surface area (Å²) in [7, 11) is -1.12. The van der Waals surface area contributed by atoms with E-state index in [9.17, 15) is 4.21 Å². The molecule has 4 fully saturated rings. The molecule has 5 rings (SSSR count). The Kier molecular flexibility index (Phi) is 10.9. The number of azide groups is 1. The number of hydrogen-bond acceptors (Lipinski definition) is 5. The van der Waals surface area contributed by atoms with Crippen LogP contribution in [0.5, 0.6) is 0 Å². The Morgan fingerprint density at radius 3 is 1.80 bits per heavy atom. The van der Waals surface area contributed by atoms with Gasteiger partial charge in [-0.1, -0.05) is 30.1 Å². The lowest BCUT2D eigenvalue weighted by molar-refractivity contribution is 0.119. The van der Waals surface area contributed by atoms with Crippen LogP contribution < -0.4 is 5.32 Å². The first kappa shape index (κ1) is 26.6. The third-order valence-electron chi connectivity index (χ3n) is 7.98. The van der Waals surface area contributed by atoms with Crippen LogP contribution in [0, 0.1) is 0 Å². The molecule has 1 atom stereocenters. The van der Waals surface area contributed by atoms with E-state index in [1.165, 1.54) is 90.6 Å². The summed E-state index contributed by atoms with van der Waals surface area (Å²) in [5.74, 6) is 0. The molecule has 1 unspecified atom stereocenters. The first-order valence-electron chi connectivity index (χ1n) is 13.8. The number of likely N-dealkylation sites (tertiary alicyclic amines) is 2. The zero-order valence-electron chi connectivity index (χ0n) is 21.2. The van der Waals surface area contributed by atoms with E-state index >= 15 is 0 Å². The summed E-state index contributed by atoms with van der Waals surface area (Å²) in [5, 5.41) is 6.97. The van der Waals surface area contributed by atoms with Crippen LogP contribution in [0.1, 0.15) is 64.2 Å². The van der Waals surface area contributed by atoms with E-state index in [1.54, 1.807) is 24.3 Å². The molecule has 4 heterocycles. The average Bonchev–Trinajstić information content (AvgIpc) is 2.95. The van der Waals surface area contributed by atoms with Crippen LogP contribution in [-0.2, 0) is 11.0 Å². The Labute approximate surface area is 213 Å². The van der Waals surface area contributed by atoms with Crippen LogP contribution in [0.15, 0.2) is 34.3 Å². The lowest BCUT2D eigenvalue weighted by Crippen LogP contribution is -2.47. The van der Waals surface area contributed by atoms with E-state index in [-0.39, 0.29) is 0 Å². The summed E-state index contributed by atoms with van der Waals surface area (Å²) in [6, 6.07) is 8.58. The largest absolute Gasteiger partial charge is 0.317 e. The van der Waals surface area contributed by atoms with E-state index in [2.05, 4.69) is 29.4 Å². The second kappa shape index (κ2) is 14.3. The van der Waals surface area contributed by atoms with Gasteiger partial charge in [0, 0.05) is 35.8 Å². The van der Waals surface area contributed by atoms with Crippen molar-refractivity contribution in [3.05, 3.63) is 34.7 Å². The molecule has 0 amide bonds. The van der Waals surface area contributed by atoms with Crippen LogP contribution in [0.25, 0.3) is 10.4 Å². The first-order valence-corrected chi connectivity index (χ1v) is 14.9. The first-order chi connectivity index (χ1) is 17.2. The smallest absolute Gasteiger partial charge is 0.127 e. The maximum absolute atomic E-state index is 12.7. The van der Waals surface area contributed by atoms with Crippen molar-refractivity contribution in [2.24, 2.45) is 5.11 Å². The maximum Gasteiger partial charge on any atom is 0.127 e. The van der Waals surface area contributed by atoms with Crippen molar-refractivity contribution in [2.45, 2.75) is 81.2 Å². The molecule has 0 spiro atoms. The minimum absolute atomic E-state index is 0.553. The second-order valence-electron chi connectivity index (χ2n) is 10.3. The summed E-state index contributed by atoms with van der Waals surface area (Å²) in [6.07, 6.45) is 13.3. The van der Waals surface area contributed by atoms with Gasteiger partial charge >= 0.3 is 0 Å². The molecule has 0 aromatic heterocycles. The normalized spacial score (nSPS) is 24.7. The van der Waals surface area contributed by atoms with E-state index in [0.717, 1.165) is 36.9 Å². The number of piperidine rings is 4. The molecule has 0 radical (unpaired) electrons. The number of rotatable bonds is 5. The number of hydrogen-bond donors (Lipinski definition) is 1. The van der Waals surface area contributed by atoms with E-state index in [0.29, 0.717) is 11.7 Å². The Morgan fingerprint density at radius 2 is 1.29 bits per heavy atom. The fourth-order valence-corrected chi connectivity index (χ4v) is 7.15. The third-order valence-corrected chi connectivity index (χ3v) is 9.49. The van der Waals surface area contributed by atoms with Crippen LogP contribution >= 0.6 is 0 Å². The average molecular weight is 502 g/mol. The molecule has 194 valence electrons. The van der Waals surface area contributed by atoms with Gasteiger partial charge in [0.1, 0.15) is 11.0 Å². The minimum Gasteiger partial charge on any atom is -0.317 e. The summed E-state index contributed by atoms with van der Waals surface area (Å²) >= 11 is 0. The molecule has 8 nitrogen and oxygen atoms in total. The third kappa shape index (κ3) is 8.00. The van der Waals surface area contributed by atoms with Gasteiger partial charge in [0.15, 0.2) is 0 Å². The number of benzene rings is 1. The molecule has 0 bridgehead atoms. The Balaban J connectivity index is 0.000000201. The summed E-state index contributed by atoms with van der Waals surface area (Å²) in [5.41, 5.74) is 8.97. The molecule has 9 heteroatoms.